The molecule has 2 aromatic rings. The third-order valence-corrected chi connectivity index (χ3v) is 4.58. The number of carbonyl (C=O) groups excluding carboxylic acids is 1. The Labute approximate surface area is 158 Å². The number of nitrogens with one attached hydrogen (secondary N) is 1. The van der Waals surface area contributed by atoms with Crippen LogP contribution in [0.2, 0.25) is 0 Å². The SMILES string of the molecule is O=C(O)c1ccccc1C(=O)NC1=CCC(CCCc2ccccn2)C=C1. The molecule has 3 rings (SSSR count). The fourth-order valence-electron chi connectivity index (χ4n) is 3.13. The Hall–Kier alpha value is -3.21. The molecule has 1 amide bonds. The van der Waals surface area contributed by atoms with Gasteiger partial charge in [-0.1, -0.05) is 30.4 Å². The number of benzene rings is 1. The molecule has 1 aliphatic carbocycles. The summed E-state index contributed by atoms with van der Waals surface area (Å²) in [5.74, 6) is -1.07. The van der Waals surface area contributed by atoms with Crippen LogP contribution in [-0.4, -0.2) is 22.0 Å². The lowest BCUT2D eigenvalue weighted by Crippen LogP contribution is -2.25. The molecule has 1 aliphatic rings. The van der Waals surface area contributed by atoms with Crippen LogP contribution >= 0.6 is 0 Å². The van der Waals surface area contributed by atoms with Gasteiger partial charge in [0.2, 0.25) is 0 Å². The van der Waals surface area contributed by atoms with E-state index in [1.165, 1.54) is 12.1 Å². The summed E-state index contributed by atoms with van der Waals surface area (Å²) in [6, 6.07) is 12.2. The maximum Gasteiger partial charge on any atom is 0.336 e. The van der Waals surface area contributed by atoms with Crippen LogP contribution in [0.1, 0.15) is 45.7 Å². The third kappa shape index (κ3) is 5.14. The summed E-state index contributed by atoms with van der Waals surface area (Å²) in [5.41, 5.74) is 1.98. The second-order valence-corrected chi connectivity index (χ2v) is 6.53. The molecular formula is C22H22N2O3. The topological polar surface area (TPSA) is 79.3 Å². The first kappa shape index (κ1) is 18.6. The predicted molar refractivity (Wildman–Crippen MR) is 103 cm³/mol. The summed E-state index contributed by atoms with van der Waals surface area (Å²) >= 11 is 0. The van der Waals surface area contributed by atoms with Crippen LogP contribution < -0.4 is 5.32 Å². The quantitative estimate of drug-likeness (QED) is 0.780. The zero-order valence-corrected chi connectivity index (χ0v) is 15.0. The van der Waals surface area contributed by atoms with Crippen molar-refractivity contribution in [3.05, 3.63) is 89.4 Å². The van der Waals surface area contributed by atoms with Gasteiger partial charge < -0.3 is 10.4 Å². The summed E-state index contributed by atoms with van der Waals surface area (Å²) < 4.78 is 0. The molecule has 1 heterocycles. The molecule has 1 atom stereocenters. The van der Waals surface area contributed by atoms with E-state index in [2.05, 4.69) is 16.4 Å². The highest BCUT2D eigenvalue weighted by atomic mass is 16.4. The molecule has 5 heteroatoms. The molecule has 0 saturated heterocycles. The standard InChI is InChI=1S/C22H22N2O3/c25-21(19-9-1-2-10-20(19)22(26)27)24-18-13-11-16(12-14-18)6-5-8-17-7-3-4-15-23-17/h1-4,7,9-11,13-16H,5-6,8,12H2,(H,24,25)(H,26,27). The van der Waals surface area contributed by atoms with Gasteiger partial charge in [0.05, 0.1) is 11.1 Å². The Bertz CT molecular complexity index is 872. The van der Waals surface area contributed by atoms with Crippen molar-refractivity contribution in [3.8, 4) is 0 Å². The average molecular weight is 362 g/mol. The van der Waals surface area contributed by atoms with E-state index in [0.29, 0.717) is 11.6 Å². The van der Waals surface area contributed by atoms with Crippen LogP contribution in [0.5, 0.6) is 0 Å². The summed E-state index contributed by atoms with van der Waals surface area (Å²) in [6.45, 7) is 0. The average Bonchev–Trinajstić information content (AvgIpc) is 2.70. The van der Waals surface area contributed by atoms with Crippen molar-refractivity contribution in [2.24, 2.45) is 5.92 Å². The molecule has 0 bridgehead atoms. The maximum absolute atomic E-state index is 12.4. The third-order valence-electron chi connectivity index (χ3n) is 4.58. The number of hydrogen-bond donors (Lipinski definition) is 2. The number of nitrogens with zero attached hydrogens (tertiary/aromatic N) is 1. The fraction of sp³-hybridized carbons (Fsp3) is 0.227. The summed E-state index contributed by atoms with van der Waals surface area (Å²) in [5, 5.41) is 12.0. The molecule has 0 spiro atoms. The molecule has 0 aliphatic heterocycles. The van der Waals surface area contributed by atoms with Gasteiger partial charge in [-0.05, 0) is 61.9 Å². The van der Waals surface area contributed by atoms with Crippen molar-refractivity contribution in [2.75, 3.05) is 0 Å². The fourth-order valence-corrected chi connectivity index (χ4v) is 3.13. The van der Waals surface area contributed by atoms with Crippen molar-refractivity contribution in [1.29, 1.82) is 0 Å². The van der Waals surface area contributed by atoms with Crippen molar-refractivity contribution in [3.63, 3.8) is 0 Å². The molecule has 1 unspecified atom stereocenters. The lowest BCUT2D eigenvalue weighted by Gasteiger charge is -2.17. The smallest absolute Gasteiger partial charge is 0.336 e. The molecular weight excluding hydrogens is 340 g/mol. The Balaban J connectivity index is 1.50. The molecule has 1 aromatic carbocycles. The van der Waals surface area contributed by atoms with Gasteiger partial charge in [-0.2, -0.15) is 0 Å². The van der Waals surface area contributed by atoms with E-state index in [1.807, 2.05) is 36.5 Å². The normalized spacial score (nSPS) is 15.9. The van der Waals surface area contributed by atoms with Gasteiger partial charge in [-0.25, -0.2) is 4.79 Å². The number of aryl methyl sites for hydroxylation is 1. The van der Waals surface area contributed by atoms with Crippen LogP contribution in [0.4, 0.5) is 0 Å². The second-order valence-electron chi connectivity index (χ2n) is 6.53. The van der Waals surface area contributed by atoms with E-state index in [9.17, 15) is 14.7 Å². The van der Waals surface area contributed by atoms with E-state index < -0.39 is 11.9 Å². The summed E-state index contributed by atoms with van der Waals surface area (Å²) in [4.78, 5) is 28.0. The van der Waals surface area contributed by atoms with Gasteiger partial charge in [0.15, 0.2) is 0 Å². The van der Waals surface area contributed by atoms with Crippen molar-refractivity contribution >= 4 is 11.9 Å². The van der Waals surface area contributed by atoms with E-state index in [1.54, 1.807) is 12.1 Å². The van der Waals surface area contributed by atoms with Crippen LogP contribution in [0, 0.1) is 5.92 Å². The van der Waals surface area contributed by atoms with Gasteiger partial charge in [0.1, 0.15) is 0 Å². The van der Waals surface area contributed by atoms with E-state index in [-0.39, 0.29) is 11.1 Å². The highest BCUT2D eigenvalue weighted by Gasteiger charge is 2.17. The van der Waals surface area contributed by atoms with Crippen molar-refractivity contribution in [1.82, 2.24) is 10.3 Å². The lowest BCUT2D eigenvalue weighted by molar-refractivity contribution is 0.0691. The zero-order valence-electron chi connectivity index (χ0n) is 15.0. The van der Waals surface area contributed by atoms with Gasteiger partial charge in [0, 0.05) is 17.6 Å². The molecule has 1 aromatic heterocycles. The van der Waals surface area contributed by atoms with Gasteiger partial charge in [0.25, 0.3) is 5.91 Å². The first-order valence-corrected chi connectivity index (χ1v) is 9.05. The molecule has 0 radical (unpaired) electrons. The van der Waals surface area contributed by atoms with Gasteiger partial charge in [-0.3, -0.25) is 9.78 Å². The Morgan fingerprint density at radius 3 is 2.56 bits per heavy atom. The molecule has 5 nitrogen and oxygen atoms in total. The maximum atomic E-state index is 12.4. The monoisotopic (exact) mass is 362 g/mol. The summed E-state index contributed by atoms with van der Waals surface area (Å²) in [6.07, 6.45) is 11.8. The minimum atomic E-state index is -1.11. The first-order valence-electron chi connectivity index (χ1n) is 9.05. The largest absolute Gasteiger partial charge is 0.478 e. The van der Waals surface area contributed by atoms with Crippen molar-refractivity contribution < 1.29 is 14.7 Å². The van der Waals surface area contributed by atoms with Gasteiger partial charge in [-0.15, -0.1) is 0 Å². The highest BCUT2D eigenvalue weighted by molar-refractivity contribution is 6.05. The molecule has 0 fully saturated rings. The number of aromatic carboxylic acids is 1. The summed E-state index contributed by atoms with van der Waals surface area (Å²) in [7, 11) is 0. The molecule has 27 heavy (non-hydrogen) atoms. The Morgan fingerprint density at radius 1 is 1.11 bits per heavy atom. The number of allylic oxidation sites excluding steroid dienone is 3. The number of carboxylic acid groups (broad SMARTS) is 1. The Kier molecular flexibility index (Phi) is 6.15. The zero-order chi connectivity index (χ0) is 19.1. The van der Waals surface area contributed by atoms with E-state index >= 15 is 0 Å². The number of hydrogen-bond acceptors (Lipinski definition) is 3. The molecule has 0 saturated carbocycles. The second kappa shape index (κ2) is 8.94. The van der Waals surface area contributed by atoms with Crippen LogP contribution in [-0.2, 0) is 6.42 Å². The van der Waals surface area contributed by atoms with Crippen LogP contribution in [0.25, 0.3) is 0 Å². The van der Waals surface area contributed by atoms with Crippen molar-refractivity contribution in [2.45, 2.75) is 25.7 Å². The first-order chi connectivity index (χ1) is 13.1. The molecule has 138 valence electrons. The lowest BCUT2D eigenvalue weighted by atomic mass is 9.93. The van der Waals surface area contributed by atoms with E-state index in [4.69, 9.17) is 0 Å². The van der Waals surface area contributed by atoms with E-state index in [0.717, 1.165) is 31.4 Å². The number of carbonyl (C=O) groups is 2. The minimum absolute atomic E-state index is 0.00258. The molecule has 2 N–H and O–H groups in total. The number of amides is 1. The number of pyridine rings is 1. The van der Waals surface area contributed by atoms with Gasteiger partial charge >= 0.3 is 5.97 Å². The highest BCUT2D eigenvalue weighted by Crippen LogP contribution is 2.21. The predicted octanol–water partition coefficient (Wildman–Crippen LogP) is 3.99. The number of aromatic nitrogens is 1. The Morgan fingerprint density at radius 2 is 1.89 bits per heavy atom. The number of carboxylic acids is 1. The van der Waals surface area contributed by atoms with Crippen LogP contribution in [0.15, 0.2) is 72.6 Å². The minimum Gasteiger partial charge on any atom is -0.478 e. The number of rotatable bonds is 7. The van der Waals surface area contributed by atoms with Crippen LogP contribution in [0.3, 0.4) is 0 Å².